The minimum absolute atomic E-state index is 0.268. The predicted octanol–water partition coefficient (Wildman–Crippen LogP) is -1.26. The van der Waals surface area contributed by atoms with Crippen LogP contribution in [0.1, 0.15) is 6.92 Å². The first kappa shape index (κ1) is 9.84. The van der Waals surface area contributed by atoms with E-state index < -0.39 is 12.2 Å². The van der Waals surface area contributed by atoms with Gasteiger partial charge in [-0.15, -0.1) is 0 Å². The second kappa shape index (κ2) is 5.61. The van der Waals surface area contributed by atoms with Crippen molar-refractivity contribution in [1.29, 1.82) is 0 Å². The lowest BCUT2D eigenvalue weighted by Gasteiger charge is -2.18. The average molecular weight is 150 g/mol. The molecule has 62 valence electrons. The van der Waals surface area contributed by atoms with Gasteiger partial charge in [0.1, 0.15) is 12.2 Å². The fraction of sp³-hybridized carbons (Fsp3) is 1.00. The third kappa shape index (κ3) is 3.12. The maximum Gasteiger partial charge on any atom is 0.109 e. The van der Waals surface area contributed by atoms with Gasteiger partial charge in [-0.05, 0) is 6.92 Å². The molecule has 0 rings (SSSR count). The minimum Gasteiger partial charge on any atom is -0.394 e. The molecule has 0 amide bonds. The molecule has 0 aromatic carbocycles. The summed E-state index contributed by atoms with van der Waals surface area (Å²) in [5.41, 5.74) is 0. The Morgan fingerprint density at radius 1 is 1.30 bits per heavy atom. The molecule has 4 heteroatoms. The van der Waals surface area contributed by atoms with E-state index in [1.54, 1.807) is 6.92 Å². The summed E-state index contributed by atoms with van der Waals surface area (Å²) in [5, 5.41) is 25.9. The normalized spacial score (nSPS) is 16.8. The molecule has 0 aliphatic heterocycles. The number of hydrogen-bond donors (Lipinski definition) is 3. The van der Waals surface area contributed by atoms with Gasteiger partial charge in [-0.3, -0.25) is 0 Å². The highest BCUT2D eigenvalue weighted by molar-refractivity contribution is 4.65. The number of hydrogen-bond acceptors (Lipinski definition) is 4. The SMILES string of the molecule is CCOC(CO)[C@@H](O)CO. The Hall–Kier alpha value is -0.160. The van der Waals surface area contributed by atoms with Crippen molar-refractivity contribution in [2.75, 3.05) is 19.8 Å². The molecular weight excluding hydrogens is 136 g/mol. The van der Waals surface area contributed by atoms with Gasteiger partial charge in [0.25, 0.3) is 0 Å². The molecule has 0 aliphatic carbocycles. The lowest BCUT2D eigenvalue weighted by atomic mass is 10.2. The lowest BCUT2D eigenvalue weighted by molar-refractivity contribution is -0.0759. The Balaban J connectivity index is 3.56. The maximum absolute atomic E-state index is 8.91. The van der Waals surface area contributed by atoms with Crippen LogP contribution < -0.4 is 0 Å². The van der Waals surface area contributed by atoms with Crippen molar-refractivity contribution in [2.24, 2.45) is 0 Å². The molecule has 2 atom stereocenters. The van der Waals surface area contributed by atoms with E-state index in [1.807, 2.05) is 0 Å². The number of aliphatic hydroxyl groups is 3. The molecule has 0 saturated carbocycles. The summed E-state index contributed by atoms with van der Waals surface area (Å²) in [7, 11) is 0. The fourth-order valence-corrected chi connectivity index (χ4v) is 0.617. The monoisotopic (exact) mass is 150 g/mol. The van der Waals surface area contributed by atoms with Gasteiger partial charge in [0.15, 0.2) is 0 Å². The summed E-state index contributed by atoms with van der Waals surface area (Å²) in [6, 6.07) is 0. The third-order valence-corrected chi connectivity index (χ3v) is 1.18. The molecule has 3 N–H and O–H groups in total. The summed E-state index contributed by atoms with van der Waals surface area (Å²) < 4.78 is 4.88. The van der Waals surface area contributed by atoms with E-state index in [4.69, 9.17) is 20.1 Å². The molecular formula is C6H14O4. The van der Waals surface area contributed by atoms with Crippen LogP contribution >= 0.6 is 0 Å². The van der Waals surface area contributed by atoms with Gasteiger partial charge in [0, 0.05) is 6.61 Å². The lowest BCUT2D eigenvalue weighted by Crippen LogP contribution is -2.35. The zero-order valence-corrected chi connectivity index (χ0v) is 6.03. The molecule has 0 radical (unpaired) electrons. The molecule has 0 aliphatic rings. The van der Waals surface area contributed by atoms with Crippen LogP contribution in [-0.4, -0.2) is 47.3 Å². The van der Waals surface area contributed by atoms with Crippen molar-refractivity contribution in [3.05, 3.63) is 0 Å². The predicted molar refractivity (Wildman–Crippen MR) is 35.6 cm³/mol. The molecule has 0 spiro atoms. The van der Waals surface area contributed by atoms with Crippen molar-refractivity contribution in [3.63, 3.8) is 0 Å². The number of ether oxygens (including phenoxy) is 1. The summed E-state index contributed by atoms with van der Waals surface area (Å²) in [5.74, 6) is 0. The van der Waals surface area contributed by atoms with E-state index in [0.29, 0.717) is 6.61 Å². The second-order valence-corrected chi connectivity index (χ2v) is 1.93. The molecule has 0 fully saturated rings. The molecule has 0 saturated heterocycles. The minimum atomic E-state index is -0.982. The molecule has 0 aromatic heterocycles. The van der Waals surface area contributed by atoms with Gasteiger partial charge in [-0.1, -0.05) is 0 Å². The van der Waals surface area contributed by atoms with Crippen molar-refractivity contribution in [1.82, 2.24) is 0 Å². The van der Waals surface area contributed by atoms with Gasteiger partial charge < -0.3 is 20.1 Å². The van der Waals surface area contributed by atoms with Gasteiger partial charge in [-0.25, -0.2) is 0 Å². The van der Waals surface area contributed by atoms with Gasteiger partial charge in [0.2, 0.25) is 0 Å². The van der Waals surface area contributed by atoms with E-state index >= 15 is 0 Å². The summed E-state index contributed by atoms with van der Waals surface area (Å²) >= 11 is 0. The van der Waals surface area contributed by atoms with Crippen LogP contribution in [0.15, 0.2) is 0 Å². The van der Waals surface area contributed by atoms with E-state index in [9.17, 15) is 0 Å². The first-order valence-corrected chi connectivity index (χ1v) is 3.27. The quantitative estimate of drug-likeness (QED) is 0.457. The van der Waals surface area contributed by atoms with Crippen LogP contribution in [0, 0.1) is 0 Å². The van der Waals surface area contributed by atoms with Crippen LogP contribution in [0.25, 0.3) is 0 Å². The summed E-state index contributed by atoms with van der Waals surface area (Å²) in [6.45, 7) is 1.52. The Labute approximate surface area is 60.1 Å². The first-order chi connectivity index (χ1) is 4.76. The van der Waals surface area contributed by atoms with E-state index in [-0.39, 0.29) is 13.2 Å². The van der Waals surface area contributed by atoms with Crippen molar-refractivity contribution >= 4 is 0 Å². The first-order valence-electron chi connectivity index (χ1n) is 3.27. The second-order valence-electron chi connectivity index (χ2n) is 1.93. The van der Waals surface area contributed by atoms with Gasteiger partial charge >= 0.3 is 0 Å². The van der Waals surface area contributed by atoms with E-state index in [0.717, 1.165) is 0 Å². The van der Waals surface area contributed by atoms with Crippen molar-refractivity contribution in [3.8, 4) is 0 Å². The highest BCUT2D eigenvalue weighted by Gasteiger charge is 2.16. The van der Waals surface area contributed by atoms with Crippen LogP contribution in [0.5, 0.6) is 0 Å². The molecule has 1 unspecified atom stereocenters. The Morgan fingerprint density at radius 2 is 1.90 bits per heavy atom. The summed E-state index contributed by atoms with van der Waals surface area (Å²) in [6.07, 6.45) is -1.64. The van der Waals surface area contributed by atoms with Gasteiger partial charge in [-0.2, -0.15) is 0 Å². The Kier molecular flexibility index (Phi) is 5.52. The Bertz CT molecular complexity index is 76.1. The molecule has 0 aromatic rings. The fourth-order valence-electron chi connectivity index (χ4n) is 0.617. The zero-order chi connectivity index (χ0) is 7.98. The highest BCUT2D eigenvalue weighted by Crippen LogP contribution is 1.97. The maximum atomic E-state index is 8.91. The molecule has 4 nitrogen and oxygen atoms in total. The van der Waals surface area contributed by atoms with Gasteiger partial charge in [0.05, 0.1) is 13.2 Å². The topological polar surface area (TPSA) is 69.9 Å². The largest absolute Gasteiger partial charge is 0.394 e. The van der Waals surface area contributed by atoms with Crippen LogP contribution in [0.2, 0.25) is 0 Å². The standard InChI is InChI=1S/C6H14O4/c1-2-10-6(4-8)5(9)3-7/h5-9H,2-4H2,1H3/t5-,6?/m0/s1. The van der Waals surface area contributed by atoms with E-state index in [2.05, 4.69) is 0 Å². The van der Waals surface area contributed by atoms with Crippen LogP contribution in [0.3, 0.4) is 0 Å². The Morgan fingerprint density at radius 3 is 2.20 bits per heavy atom. The molecule has 10 heavy (non-hydrogen) atoms. The molecule has 0 heterocycles. The average Bonchev–Trinajstić information content (AvgIpc) is 1.99. The third-order valence-electron chi connectivity index (χ3n) is 1.18. The summed E-state index contributed by atoms with van der Waals surface area (Å²) in [4.78, 5) is 0. The highest BCUT2D eigenvalue weighted by atomic mass is 16.5. The molecule has 0 bridgehead atoms. The number of aliphatic hydroxyl groups excluding tert-OH is 3. The number of rotatable bonds is 5. The smallest absolute Gasteiger partial charge is 0.109 e. The van der Waals surface area contributed by atoms with Crippen LogP contribution in [-0.2, 0) is 4.74 Å². The van der Waals surface area contributed by atoms with Crippen molar-refractivity contribution < 1.29 is 20.1 Å². The zero-order valence-electron chi connectivity index (χ0n) is 6.03. The van der Waals surface area contributed by atoms with Crippen LogP contribution in [0.4, 0.5) is 0 Å². The van der Waals surface area contributed by atoms with E-state index in [1.165, 1.54) is 0 Å². The van der Waals surface area contributed by atoms with Crippen molar-refractivity contribution in [2.45, 2.75) is 19.1 Å².